The molecule has 2 fully saturated rings. The van der Waals surface area contributed by atoms with Crippen molar-refractivity contribution >= 4 is 0 Å². The molecule has 2 saturated carbocycles. The van der Waals surface area contributed by atoms with Gasteiger partial charge in [-0.1, -0.05) is 43.5 Å². The summed E-state index contributed by atoms with van der Waals surface area (Å²) in [5.74, 6) is 1.77. The number of rotatable bonds is 5. The minimum atomic E-state index is 0.671. The topological polar surface area (TPSA) is 12.0 Å². The van der Waals surface area contributed by atoms with Crippen LogP contribution in [0, 0.1) is 5.92 Å². The monoisotopic (exact) mass is 257 g/mol. The SMILES string of the molecule is C[C@H](NCc1cccc(C2CC2)c1)C1CCCCC1. The van der Waals surface area contributed by atoms with Gasteiger partial charge in [0.05, 0.1) is 0 Å². The number of hydrogen-bond acceptors (Lipinski definition) is 1. The van der Waals surface area contributed by atoms with Crippen LogP contribution >= 0.6 is 0 Å². The van der Waals surface area contributed by atoms with Gasteiger partial charge >= 0.3 is 0 Å². The normalized spacial score (nSPS) is 22.4. The molecule has 2 aliphatic rings. The number of nitrogens with one attached hydrogen (secondary N) is 1. The highest BCUT2D eigenvalue weighted by Gasteiger charge is 2.23. The molecule has 1 heteroatoms. The van der Waals surface area contributed by atoms with Gasteiger partial charge in [0.2, 0.25) is 0 Å². The van der Waals surface area contributed by atoms with Crippen molar-refractivity contribution in [2.45, 2.75) is 70.4 Å². The van der Waals surface area contributed by atoms with Crippen LogP contribution in [-0.4, -0.2) is 6.04 Å². The van der Waals surface area contributed by atoms with Gasteiger partial charge in [-0.05, 0) is 55.6 Å². The van der Waals surface area contributed by atoms with E-state index >= 15 is 0 Å². The van der Waals surface area contributed by atoms with E-state index in [0.717, 1.165) is 18.4 Å². The molecular formula is C18H27N. The van der Waals surface area contributed by atoms with E-state index in [0.29, 0.717) is 6.04 Å². The first kappa shape index (κ1) is 13.2. The van der Waals surface area contributed by atoms with Gasteiger partial charge in [-0.15, -0.1) is 0 Å². The standard InChI is InChI=1S/C18H27N/c1-14(16-7-3-2-4-8-16)19-13-15-6-5-9-18(12-15)17-10-11-17/h5-6,9,12,14,16-17,19H,2-4,7-8,10-11,13H2,1H3/t14-/m0/s1. The first-order chi connectivity index (χ1) is 9.33. The van der Waals surface area contributed by atoms with E-state index < -0.39 is 0 Å². The Morgan fingerprint density at radius 2 is 1.89 bits per heavy atom. The van der Waals surface area contributed by atoms with Gasteiger partial charge in [0, 0.05) is 12.6 Å². The smallest absolute Gasteiger partial charge is 0.0208 e. The Balaban J connectivity index is 1.51. The third-order valence-electron chi connectivity index (χ3n) is 4.98. The molecule has 0 saturated heterocycles. The average molecular weight is 257 g/mol. The van der Waals surface area contributed by atoms with E-state index in [4.69, 9.17) is 0 Å². The van der Waals surface area contributed by atoms with Crippen LogP contribution in [0.2, 0.25) is 0 Å². The molecule has 1 nitrogen and oxygen atoms in total. The predicted molar refractivity (Wildman–Crippen MR) is 81.3 cm³/mol. The highest BCUT2D eigenvalue weighted by Crippen LogP contribution is 2.40. The Hall–Kier alpha value is -0.820. The zero-order valence-electron chi connectivity index (χ0n) is 12.2. The highest BCUT2D eigenvalue weighted by molar-refractivity contribution is 5.29. The molecule has 104 valence electrons. The first-order valence-electron chi connectivity index (χ1n) is 8.15. The first-order valence-corrected chi connectivity index (χ1v) is 8.15. The Kier molecular flexibility index (Phi) is 4.22. The maximum absolute atomic E-state index is 3.76. The fraction of sp³-hybridized carbons (Fsp3) is 0.667. The molecule has 2 aliphatic carbocycles. The van der Waals surface area contributed by atoms with Crippen molar-refractivity contribution < 1.29 is 0 Å². The van der Waals surface area contributed by atoms with Crippen LogP contribution in [0.3, 0.4) is 0 Å². The zero-order valence-corrected chi connectivity index (χ0v) is 12.2. The van der Waals surface area contributed by atoms with Crippen molar-refractivity contribution in [3.63, 3.8) is 0 Å². The molecule has 0 aliphatic heterocycles. The van der Waals surface area contributed by atoms with E-state index in [1.54, 1.807) is 5.56 Å². The number of hydrogen-bond donors (Lipinski definition) is 1. The van der Waals surface area contributed by atoms with Gasteiger partial charge in [0.15, 0.2) is 0 Å². The van der Waals surface area contributed by atoms with Gasteiger partial charge in [-0.25, -0.2) is 0 Å². The van der Waals surface area contributed by atoms with Crippen LogP contribution in [0.15, 0.2) is 24.3 Å². The van der Waals surface area contributed by atoms with Crippen LogP contribution in [0.4, 0.5) is 0 Å². The lowest BCUT2D eigenvalue weighted by Crippen LogP contribution is -2.34. The van der Waals surface area contributed by atoms with Gasteiger partial charge in [-0.3, -0.25) is 0 Å². The molecular weight excluding hydrogens is 230 g/mol. The van der Waals surface area contributed by atoms with Crippen molar-refractivity contribution in [3.8, 4) is 0 Å². The predicted octanol–water partition coefficient (Wildman–Crippen LogP) is 4.62. The summed E-state index contributed by atoms with van der Waals surface area (Å²) in [6.07, 6.45) is 9.98. The van der Waals surface area contributed by atoms with E-state index in [-0.39, 0.29) is 0 Å². The van der Waals surface area contributed by atoms with Crippen LogP contribution in [0.25, 0.3) is 0 Å². The van der Waals surface area contributed by atoms with Crippen molar-refractivity contribution in [2.75, 3.05) is 0 Å². The molecule has 0 heterocycles. The Labute approximate surface area is 117 Å². The lowest BCUT2D eigenvalue weighted by Gasteiger charge is -2.28. The molecule has 3 rings (SSSR count). The second-order valence-electron chi connectivity index (χ2n) is 6.59. The van der Waals surface area contributed by atoms with Crippen molar-refractivity contribution in [3.05, 3.63) is 35.4 Å². The van der Waals surface area contributed by atoms with Crippen molar-refractivity contribution in [1.82, 2.24) is 5.32 Å². The maximum atomic E-state index is 3.76. The quantitative estimate of drug-likeness (QED) is 0.811. The molecule has 19 heavy (non-hydrogen) atoms. The van der Waals surface area contributed by atoms with Gasteiger partial charge in [0.25, 0.3) is 0 Å². The van der Waals surface area contributed by atoms with Gasteiger partial charge in [-0.2, -0.15) is 0 Å². The molecule has 0 radical (unpaired) electrons. The number of benzene rings is 1. The average Bonchev–Trinajstić information content (AvgIpc) is 3.31. The summed E-state index contributed by atoms with van der Waals surface area (Å²) in [6, 6.07) is 9.89. The Morgan fingerprint density at radius 3 is 2.63 bits per heavy atom. The molecule has 1 N–H and O–H groups in total. The Morgan fingerprint density at radius 1 is 1.11 bits per heavy atom. The lowest BCUT2D eigenvalue weighted by atomic mass is 9.84. The molecule has 0 aromatic heterocycles. The lowest BCUT2D eigenvalue weighted by molar-refractivity contribution is 0.280. The molecule has 0 amide bonds. The zero-order chi connectivity index (χ0) is 13.1. The third kappa shape index (κ3) is 3.60. The highest BCUT2D eigenvalue weighted by atomic mass is 14.9. The van der Waals surface area contributed by atoms with E-state index in [9.17, 15) is 0 Å². The summed E-state index contributed by atoms with van der Waals surface area (Å²) in [6.45, 7) is 3.42. The third-order valence-corrected chi connectivity index (χ3v) is 4.98. The molecule has 0 unspecified atom stereocenters. The van der Waals surface area contributed by atoms with Crippen molar-refractivity contribution in [2.24, 2.45) is 5.92 Å². The largest absolute Gasteiger partial charge is 0.310 e. The summed E-state index contributed by atoms with van der Waals surface area (Å²) >= 11 is 0. The summed E-state index contributed by atoms with van der Waals surface area (Å²) in [4.78, 5) is 0. The van der Waals surface area contributed by atoms with Gasteiger partial charge < -0.3 is 5.32 Å². The molecule has 0 spiro atoms. The second-order valence-corrected chi connectivity index (χ2v) is 6.59. The Bertz CT molecular complexity index is 402. The minimum Gasteiger partial charge on any atom is -0.310 e. The summed E-state index contributed by atoms with van der Waals surface area (Å²) in [5, 5.41) is 3.76. The maximum Gasteiger partial charge on any atom is 0.0208 e. The second kappa shape index (κ2) is 6.09. The molecule has 1 aromatic rings. The van der Waals surface area contributed by atoms with E-state index in [1.807, 2.05) is 0 Å². The summed E-state index contributed by atoms with van der Waals surface area (Å²) in [7, 11) is 0. The van der Waals surface area contributed by atoms with Crippen LogP contribution in [-0.2, 0) is 6.54 Å². The minimum absolute atomic E-state index is 0.671. The van der Waals surface area contributed by atoms with Crippen molar-refractivity contribution in [1.29, 1.82) is 0 Å². The summed E-state index contributed by atoms with van der Waals surface area (Å²) < 4.78 is 0. The fourth-order valence-corrected chi connectivity index (χ4v) is 3.45. The molecule has 0 bridgehead atoms. The van der Waals surface area contributed by atoms with E-state index in [1.165, 1.54) is 50.5 Å². The van der Waals surface area contributed by atoms with Crippen LogP contribution in [0.1, 0.15) is 68.9 Å². The summed E-state index contributed by atoms with van der Waals surface area (Å²) in [5.41, 5.74) is 3.02. The molecule has 1 atom stereocenters. The van der Waals surface area contributed by atoms with E-state index in [2.05, 4.69) is 36.5 Å². The van der Waals surface area contributed by atoms with Crippen LogP contribution in [0.5, 0.6) is 0 Å². The van der Waals surface area contributed by atoms with Gasteiger partial charge in [0.1, 0.15) is 0 Å². The van der Waals surface area contributed by atoms with Crippen LogP contribution < -0.4 is 5.32 Å². The molecule has 1 aromatic carbocycles. The fourth-order valence-electron chi connectivity index (χ4n) is 3.45.